The van der Waals surface area contributed by atoms with E-state index in [1.54, 1.807) is 0 Å². The fraction of sp³-hybridized carbons (Fsp3) is 0.667. The van der Waals surface area contributed by atoms with Gasteiger partial charge in [0.1, 0.15) is 6.29 Å². The van der Waals surface area contributed by atoms with Crippen LogP contribution in [0, 0.1) is 5.92 Å². The predicted octanol–water partition coefficient (Wildman–Crippen LogP) is -1.40. The van der Waals surface area contributed by atoms with Gasteiger partial charge in [0.05, 0.1) is 12.5 Å². The third-order valence-corrected chi connectivity index (χ3v) is 1.69. The lowest BCUT2D eigenvalue weighted by molar-refractivity contribution is -0.128. The first-order valence-corrected chi connectivity index (χ1v) is 3.19. The third kappa shape index (κ3) is 1.33. The summed E-state index contributed by atoms with van der Waals surface area (Å²) in [7, 11) is 0. The Kier molecular flexibility index (Phi) is 2.01. The van der Waals surface area contributed by atoms with Gasteiger partial charge in [0.2, 0.25) is 5.91 Å². The van der Waals surface area contributed by atoms with Gasteiger partial charge in [-0.2, -0.15) is 0 Å². The molecule has 56 valence electrons. The van der Waals surface area contributed by atoms with E-state index in [4.69, 9.17) is 5.73 Å². The normalized spacial score (nSPS) is 20.0. The minimum atomic E-state index is -0.262. The van der Waals surface area contributed by atoms with Gasteiger partial charge in [-0.05, 0) is 0 Å². The molecular formula is C6H10N2O2. The monoisotopic (exact) mass is 142 g/mol. The minimum Gasteiger partial charge on any atom is -0.369 e. The number of rotatable bonds is 3. The fourth-order valence-electron chi connectivity index (χ4n) is 1.00. The van der Waals surface area contributed by atoms with Crippen molar-refractivity contribution in [2.24, 2.45) is 11.7 Å². The van der Waals surface area contributed by atoms with Gasteiger partial charge in [-0.15, -0.1) is 0 Å². The molecule has 0 unspecified atom stereocenters. The first kappa shape index (κ1) is 7.21. The van der Waals surface area contributed by atoms with E-state index in [0.717, 1.165) is 6.29 Å². The van der Waals surface area contributed by atoms with Gasteiger partial charge in [-0.25, -0.2) is 0 Å². The smallest absolute Gasteiger partial charge is 0.223 e. The van der Waals surface area contributed by atoms with E-state index in [1.165, 1.54) is 0 Å². The minimum absolute atomic E-state index is 0.0278. The van der Waals surface area contributed by atoms with Crippen LogP contribution in [0.25, 0.3) is 0 Å². The summed E-state index contributed by atoms with van der Waals surface area (Å²) >= 11 is 0. The molecule has 1 fully saturated rings. The second-order valence-electron chi connectivity index (χ2n) is 2.48. The predicted molar refractivity (Wildman–Crippen MR) is 35.2 cm³/mol. The van der Waals surface area contributed by atoms with E-state index < -0.39 is 0 Å². The van der Waals surface area contributed by atoms with Crippen molar-refractivity contribution in [1.82, 2.24) is 4.90 Å². The third-order valence-electron chi connectivity index (χ3n) is 1.69. The lowest BCUT2D eigenvalue weighted by Gasteiger charge is -2.35. The number of carbonyl (C=O) groups excluding carboxylic acids is 2. The molecule has 0 aromatic carbocycles. The van der Waals surface area contributed by atoms with E-state index in [1.807, 2.05) is 4.90 Å². The molecule has 0 aliphatic carbocycles. The molecule has 10 heavy (non-hydrogen) atoms. The van der Waals surface area contributed by atoms with E-state index in [-0.39, 0.29) is 11.8 Å². The molecule has 1 rings (SSSR count). The summed E-state index contributed by atoms with van der Waals surface area (Å²) in [5.41, 5.74) is 5.00. The van der Waals surface area contributed by atoms with Gasteiger partial charge in [0, 0.05) is 13.1 Å². The summed E-state index contributed by atoms with van der Waals surface area (Å²) in [5, 5.41) is 0. The summed E-state index contributed by atoms with van der Waals surface area (Å²) < 4.78 is 0. The highest BCUT2D eigenvalue weighted by Gasteiger charge is 2.29. The maximum Gasteiger partial charge on any atom is 0.223 e. The van der Waals surface area contributed by atoms with Crippen molar-refractivity contribution in [3.63, 3.8) is 0 Å². The number of primary amides is 1. The Hall–Kier alpha value is -0.900. The lowest BCUT2D eigenvalue weighted by Crippen LogP contribution is -2.52. The number of nitrogens with two attached hydrogens (primary N) is 1. The zero-order valence-corrected chi connectivity index (χ0v) is 5.62. The molecule has 1 amide bonds. The molecule has 4 heteroatoms. The summed E-state index contributed by atoms with van der Waals surface area (Å²) in [4.78, 5) is 22.2. The Morgan fingerprint density at radius 3 is 2.70 bits per heavy atom. The van der Waals surface area contributed by atoms with Crippen molar-refractivity contribution >= 4 is 12.2 Å². The average Bonchev–Trinajstić information content (AvgIpc) is 1.76. The largest absolute Gasteiger partial charge is 0.369 e. The molecule has 1 aliphatic heterocycles. The number of nitrogens with zero attached hydrogens (tertiary/aromatic N) is 1. The van der Waals surface area contributed by atoms with Crippen molar-refractivity contribution in [2.75, 3.05) is 19.6 Å². The van der Waals surface area contributed by atoms with Gasteiger partial charge >= 0.3 is 0 Å². The van der Waals surface area contributed by atoms with Crippen LogP contribution in [0.3, 0.4) is 0 Å². The first-order valence-electron chi connectivity index (χ1n) is 3.19. The van der Waals surface area contributed by atoms with Crippen molar-refractivity contribution < 1.29 is 9.59 Å². The maximum absolute atomic E-state index is 10.4. The van der Waals surface area contributed by atoms with Crippen molar-refractivity contribution in [3.8, 4) is 0 Å². The second-order valence-corrected chi connectivity index (χ2v) is 2.48. The SMILES string of the molecule is NC(=O)C1CN(CC=O)C1. The quantitative estimate of drug-likeness (QED) is 0.493. The Morgan fingerprint density at radius 1 is 1.70 bits per heavy atom. The molecule has 0 spiro atoms. The molecule has 0 saturated carbocycles. The van der Waals surface area contributed by atoms with E-state index in [9.17, 15) is 9.59 Å². The molecule has 0 aromatic rings. The zero-order chi connectivity index (χ0) is 7.56. The van der Waals surface area contributed by atoms with Gasteiger partial charge in [-0.3, -0.25) is 9.69 Å². The molecule has 1 aliphatic rings. The number of amides is 1. The van der Waals surface area contributed by atoms with Crippen LogP contribution in [0.15, 0.2) is 0 Å². The van der Waals surface area contributed by atoms with Gasteiger partial charge in [0.15, 0.2) is 0 Å². The van der Waals surface area contributed by atoms with Crippen LogP contribution in [0.4, 0.5) is 0 Å². The second kappa shape index (κ2) is 2.79. The lowest BCUT2D eigenvalue weighted by atomic mass is 10.0. The van der Waals surface area contributed by atoms with E-state index in [0.29, 0.717) is 19.6 Å². The van der Waals surface area contributed by atoms with Crippen LogP contribution in [0.2, 0.25) is 0 Å². The highest BCUT2D eigenvalue weighted by atomic mass is 16.1. The number of likely N-dealkylation sites (tertiary alicyclic amines) is 1. The molecule has 1 heterocycles. The zero-order valence-electron chi connectivity index (χ0n) is 5.62. The van der Waals surface area contributed by atoms with Crippen molar-refractivity contribution in [2.45, 2.75) is 0 Å². The molecule has 0 aromatic heterocycles. The fourth-order valence-corrected chi connectivity index (χ4v) is 1.00. The van der Waals surface area contributed by atoms with Crippen LogP contribution in [0.5, 0.6) is 0 Å². The highest BCUT2D eigenvalue weighted by molar-refractivity contribution is 5.78. The summed E-state index contributed by atoms with van der Waals surface area (Å²) in [6.07, 6.45) is 0.831. The van der Waals surface area contributed by atoms with Gasteiger partial charge < -0.3 is 10.5 Å². The highest BCUT2D eigenvalue weighted by Crippen LogP contribution is 2.12. The molecule has 1 saturated heterocycles. The topological polar surface area (TPSA) is 63.4 Å². The van der Waals surface area contributed by atoms with E-state index in [2.05, 4.69) is 0 Å². The van der Waals surface area contributed by atoms with Gasteiger partial charge in [0.25, 0.3) is 0 Å². The van der Waals surface area contributed by atoms with Crippen LogP contribution in [0.1, 0.15) is 0 Å². The van der Waals surface area contributed by atoms with E-state index >= 15 is 0 Å². The summed E-state index contributed by atoms with van der Waals surface area (Å²) in [6.45, 7) is 1.71. The van der Waals surface area contributed by atoms with Crippen LogP contribution >= 0.6 is 0 Å². The molecule has 0 bridgehead atoms. The maximum atomic E-state index is 10.4. The van der Waals surface area contributed by atoms with Crippen LogP contribution < -0.4 is 5.73 Å². The number of carbonyl (C=O) groups is 2. The number of aldehydes is 1. The van der Waals surface area contributed by atoms with Gasteiger partial charge in [-0.1, -0.05) is 0 Å². The van der Waals surface area contributed by atoms with Crippen molar-refractivity contribution in [1.29, 1.82) is 0 Å². The standard InChI is InChI=1S/C6H10N2O2/c7-6(10)5-3-8(4-5)1-2-9/h2,5H,1,3-4H2,(H2,7,10). The average molecular weight is 142 g/mol. The Labute approximate surface area is 59.0 Å². The Morgan fingerprint density at radius 2 is 2.30 bits per heavy atom. The Bertz CT molecular complexity index is 152. The number of hydrogen-bond acceptors (Lipinski definition) is 3. The molecule has 0 radical (unpaired) electrons. The number of hydrogen-bond donors (Lipinski definition) is 1. The molecule has 2 N–H and O–H groups in total. The molecule has 4 nitrogen and oxygen atoms in total. The van der Waals surface area contributed by atoms with Crippen LogP contribution in [-0.2, 0) is 9.59 Å². The summed E-state index contributed by atoms with van der Waals surface area (Å²) in [6, 6.07) is 0. The van der Waals surface area contributed by atoms with Crippen LogP contribution in [-0.4, -0.2) is 36.7 Å². The molecule has 0 atom stereocenters. The summed E-state index contributed by atoms with van der Waals surface area (Å²) in [5.74, 6) is -0.290. The first-order chi connectivity index (χ1) is 4.74. The van der Waals surface area contributed by atoms with Crippen molar-refractivity contribution in [3.05, 3.63) is 0 Å². The molecular weight excluding hydrogens is 132 g/mol. The Balaban J connectivity index is 2.17.